The summed E-state index contributed by atoms with van der Waals surface area (Å²) in [6, 6.07) is 0. The number of rotatable bonds is 4. The molecule has 1 aromatic rings. The highest BCUT2D eigenvalue weighted by atomic mass is 32.1. The van der Waals surface area contributed by atoms with Gasteiger partial charge < -0.3 is 10.0 Å². The highest BCUT2D eigenvalue weighted by molar-refractivity contribution is 7.13. The molecule has 0 unspecified atom stereocenters. The molecule has 5 nitrogen and oxygen atoms in total. The Morgan fingerprint density at radius 2 is 2.05 bits per heavy atom. The molecule has 1 amide bonds. The lowest BCUT2D eigenvalue weighted by atomic mass is 10.1. The zero-order valence-corrected chi connectivity index (χ0v) is 12.0. The van der Waals surface area contributed by atoms with Gasteiger partial charge in [0.25, 0.3) is 5.91 Å². The molecule has 1 aromatic heterocycles. The highest BCUT2D eigenvalue weighted by Gasteiger charge is 2.25. The summed E-state index contributed by atoms with van der Waals surface area (Å²) in [5, 5.41) is 9.75. The quantitative estimate of drug-likeness (QED) is 0.919. The lowest BCUT2D eigenvalue weighted by Gasteiger charge is -2.13. The van der Waals surface area contributed by atoms with Gasteiger partial charge in [-0.05, 0) is 19.8 Å². The van der Waals surface area contributed by atoms with Gasteiger partial charge in [-0.1, -0.05) is 12.8 Å². The van der Waals surface area contributed by atoms with Crippen molar-refractivity contribution in [2.75, 3.05) is 13.6 Å². The van der Waals surface area contributed by atoms with Crippen LogP contribution in [0.25, 0.3) is 0 Å². The maximum atomic E-state index is 12.2. The largest absolute Gasteiger partial charge is 0.480 e. The summed E-state index contributed by atoms with van der Waals surface area (Å²) in [4.78, 5) is 29.1. The van der Waals surface area contributed by atoms with Crippen LogP contribution in [0.4, 0.5) is 0 Å². The molecule has 0 aliphatic heterocycles. The smallest absolute Gasteiger partial charge is 0.323 e. The van der Waals surface area contributed by atoms with Gasteiger partial charge in [0.05, 0.1) is 10.7 Å². The van der Waals surface area contributed by atoms with Gasteiger partial charge in [0.15, 0.2) is 0 Å². The van der Waals surface area contributed by atoms with Crippen LogP contribution in [0.5, 0.6) is 0 Å². The molecule has 104 valence electrons. The minimum absolute atomic E-state index is 0.248. The van der Waals surface area contributed by atoms with E-state index in [0.29, 0.717) is 16.5 Å². The first-order valence-electron chi connectivity index (χ1n) is 6.43. The minimum Gasteiger partial charge on any atom is -0.480 e. The number of carbonyl (C=O) groups is 2. The molecule has 0 radical (unpaired) electrons. The first-order chi connectivity index (χ1) is 8.99. The molecule has 0 saturated heterocycles. The summed E-state index contributed by atoms with van der Waals surface area (Å²) in [5.41, 5.74) is 0.717. The average molecular weight is 282 g/mol. The Morgan fingerprint density at radius 3 is 2.63 bits per heavy atom. The van der Waals surface area contributed by atoms with Gasteiger partial charge in [-0.2, -0.15) is 0 Å². The zero-order chi connectivity index (χ0) is 14.0. The Kier molecular flexibility index (Phi) is 4.19. The van der Waals surface area contributed by atoms with Crippen LogP contribution in [0.15, 0.2) is 0 Å². The summed E-state index contributed by atoms with van der Waals surface area (Å²) < 4.78 is 0. The van der Waals surface area contributed by atoms with Crippen LogP contribution in [0.3, 0.4) is 0 Å². The first-order valence-corrected chi connectivity index (χ1v) is 7.25. The molecule has 0 bridgehead atoms. The molecule has 19 heavy (non-hydrogen) atoms. The van der Waals surface area contributed by atoms with Gasteiger partial charge in [-0.25, -0.2) is 4.98 Å². The van der Waals surface area contributed by atoms with Crippen LogP contribution in [0, 0.1) is 6.92 Å². The van der Waals surface area contributed by atoms with Crippen LogP contribution in [0.2, 0.25) is 0 Å². The normalized spacial score (nSPS) is 15.7. The number of hydrogen-bond acceptors (Lipinski definition) is 4. The Labute approximate surface area is 116 Å². The average Bonchev–Trinajstić information content (AvgIpc) is 2.95. The van der Waals surface area contributed by atoms with Crippen LogP contribution < -0.4 is 0 Å². The van der Waals surface area contributed by atoms with Gasteiger partial charge in [0.2, 0.25) is 0 Å². The minimum atomic E-state index is -1.01. The van der Waals surface area contributed by atoms with E-state index in [0.717, 1.165) is 17.8 Å². The fraction of sp³-hybridized carbons (Fsp3) is 0.615. The number of aryl methyl sites for hydroxylation is 1. The van der Waals surface area contributed by atoms with Gasteiger partial charge >= 0.3 is 5.97 Å². The van der Waals surface area contributed by atoms with Crippen molar-refractivity contribution in [3.05, 3.63) is 15.6 Å². The van der Waals surface area contributed by atoms with Crippen molar-refractivity contribution in [2.24, 2.45) is 0 Å². The van der Waals surface area contributed by atoms with E-state index >= 15 is 0 Å². The third-order valence-corrected chi connectivity index (χ3v) is 4.74. The standard InChI is InChI=1S/C13H18N2O3S/c1-8-11(13(18)15(2)7-10(16)17)19-12(14-8)9-5-3-4-6-9/h9H,3-7H2,1-2H3,(H,16,17). The molecule has 1 aliphatic rings. The summed E-state index contributed by atoms with van der Waals surface area (Å²) in [7, 11) is 1.50. The molecule has 1 aliphatic carbocycles. The van der Waals surface area contributed by atoms with E-state index in [1.54, 1.807) is 0 Å². The number of nitrogens with zero attached hydrogens (tertiary/aromatic N) is 2. The van der Waals surface area contributed by atoms with E-state index in [1.165, 1.54) is 36.1 Å². The lowest BCUT2D eigenvalue weighted by molar-refractivity contribution is -0.137. The number of thiazole rings is 1. The van der Waals surface area contributed by atoms with Crippen molar-refractivity contribution in [1.29, 1.82) is 0 Å². The van der Waals surface area contributed by atoms with E-state index in [9.17, 15) is 9.59 Å². The Balaban J connectivity index is 2.15. The third kappa shape index (κ3) is 3.12. The molecular weight excluding hydrogens is 264 g/mol. The monoisotopic (exact) mass is 282 g/mol. The third-order valence-electron chi connectivity index (χ3n) is 3.43. The number of carbonyl (C=O) groups excluding carboxylic acids is 1. The molecule has 2 rings (SSSR count). The van der Waals surface area contributed by atoms with Crippen LogP contribution >= 0.6 is 11.3 Å². The van der Waals surface area contributed by atoms with Crippen molar-refractivity contribution in [3.8, 4) is 0 Å². The molecule has 1 heterocycles. The summed E-state index contributed by atoms with van der Waals surface area (Å²) in [6.45, 7) is 1.53. The van der Waals surface area contributed by atoms with Crippen molar-refractivity contribution in [3.63, 3.8) is 0 Å². The molecule has 6 heteroatoms. The van der Waals surface area contributed by atoms with Crippen LogP contribution in [0.1, 0.15) is 52.0 Å². The molecule has 1 N–H and O–H groups in total. The molecule has 1 saturated carbocycles. The molecular formula is C13H18N2O3S. The van der Waals surface area contributed by atoms with Crippen LogP contribution in [-0.4, -0.2) is 40.5 Å². The van der Waals surface area contributed by atoms with Crippen LogP contribution in [-0.2, 0) is 4.79 Å². The number of amides is 1. The number of hydrogen-bond donors (Lipinski definition) is 1. The predicted octanol–water partition coefficient (Wildman–Crippen LogP) is 2.27. The lowest BCUT2D eigenvalue weighted by Crippen LogP contribution is -2.31. The fourth-order valence-corrected chi connectivity index (χ4v) is 3.64. The second-order valence-electron chi connectivity index (χ2n) is 5.00. The van der Waals surface area contributed by atoms with E-state index in [1.807, 2.05) is 6.92 Å². The van der Waals surface area contributed by atoms with Gasteiger partial charge in [0.1, 0.15) is 11.4 Å². The Bertz CT molecular complexity index is 492. The maximum absolute atomic E-state index is 12.2. The van der Waals surface area contributed by atoms with E-state index in [4.69, 9.17) is 5.11 Å². The zero-order valence-electron chi connectivity index (χ0n) is 11.2. The number of likely N-dealkylation sites (N-methyl/N-ethyl adjacent to an activating group) is 1. The number of aliphatic carboxylic acids is 1. The van der Waals surface area contributed by atoms with Crippen molar-refractivity contribution in [2.45, 2.75) is 38.5 Å². The van der Waals surface area contributed by atoms with Crippen molar-refractivity contribution in [1.82, 2.24) is 9.88 Å². The molecule has 0 spiro atoms. The van der Waals surface area contributed by atoms with E-state index < -0.39 is 5.97 Å². The molecule has 1 fully saturated rings. The maximum Gasteiger partial charge on any atom is 0.323 e. The number of aromatic nitrogens is 1. The molecule has 0 atom stereocenters. The topological polar surface area (TPSA) is 70.5 Å². The van der Waals surface area contributed by atoms with Crippen molar-refractivity contribution < 1.29 is 14.7 Å². The summed E-state index contributed by atoms with van der Waals surface area (Å²) in [5.74, 6) is -0.772. The summed E-state index contributed by atoms with van der Waals surface area (Å²) >= 11 is 1.43. The molecule has 0 aromatic carbocycles. The van der Waals surface area contributed by atoms with E-state index in [-0.39, 0.29) is 12.5 Å². The SMILES string of the molecule is Cc1nc(C2CCCC2)sc1C(=O)N(C)CC(=O)O. The van der Waals surface area contributed by atoms with Gasteiger partial charge in [-0.3, -0.25) is 9.59 Å². The fourth-order valence-electron chi connectivity index (χ4n) is 2.41. The Hall–Kier alpha value is -1.43. The second kappa shape index (κ2) is 5.69. The van der Waals surface area contributed by atoms with E-state index in [2.05, 4.69) is 4.98 Å². The first kappa shape index (κ1) is 14.0. The number of carboxylic acid groups (broad SMARTS) is 1. The highest BCUT2D eigenvalue weighted by Crippen LogP contribution is 2.37. The second-order valence-corrected chi connectivity index (χ2v) is 6.03. The van der Waals surface area contributed by atoms with Crippen molar-refractivity contribution >= 4 is 23.2 Å². The summed E-state index contributed by atoms with van der Waals surface area (Å²) in [6.07, 6.45) is 4.74. The predicted molar refractivity (Wildman–Crippen MR) is 72.7 cm³/mol. The van der Waals surface area contributed by atoms with Gasteiger partial charge in [-0.15, -0.1) is 11.3 Å². The Morgan fingerprint density at radius 1 is 1.42 bits per heavy atom. The van der Waals surface area contributed by atoms with Gasteiger partial charge in [0, 0.05) is 13.0 Å². The number of carboxylic acids is 1.